The van der Waals surface area contributed by atoms with E-state index in [1.807, 2.05) is 18.2 Å². The van der Waals surface area contributed by atoms with Crippen LogP contribution in [0.15, 0.2) is 54.6 Å². The summed E-state index contributed by atoms with van der Waals surface area (Å²) >= 11 is 6.49. The van der Waals surface area contributed by atoms with Crippen molar-refractivity contribution in [2.75, 3.05) is 13.2 Å². The number of benzene rings is 3. The molecule has 1 aliphatic heterocycles. The number of amides is 1. The number of halogens is 5. The maximum atomic E-state index is 15.9. The Bertz CT molecular complexity index is 1470. The predicted octanol–water partition coefficient (Wildman–Crippen LogP) is 4.05. The van der Waals surface area contributed by atoms with Crippen LogP contribution in [0.5, 0.6) is 11.5 Å². The SMILES string of the molecule is NCC1(c2ccccc2)Cc2c(ccc(Cl)c2-c2c(C(N)=O)ccc(OCC(=O)OC(=O)C(F)(F)F)c2F)O1. The predicted molar refractivity (Wildman–Crippen MR) is 130 cm³/mol. The summed E-state index contributed by atoms with van der Waals surface area (Å²) in [5.74, 6) is -7.02. The van der Waals surface area contributed by atoms with Crippen molar-refractivity contribution in [1.29, 1.82) is 0 Å². The van der Waals surface area contributed by atoms with E-state index in [0.29, 0.717) is 11.3 Å². The summed E-state index contributed by atoms with van der Waals surface area (Å²) in [6, 6.07) is 14.1. The van der Waals surface area contributed by atoms with Gasteiger partial charge in [-0.2, -0.15) is 13.2 Å². The number of hydrogen-bond acceptors (Lipinski definition) is 7. The quantitative estimate of drug-likeness (QED) is 0.251. The second-order valence-corrected chi connectivity index (χ2v) is 8.86. The summed E-state index contributed by atoms with van der Waals surface area (Å²) in [6.07, 6.45) is -5.28. The Morgan fingerprint density at radius 1 is 1.03 bits per heavy atom. The molecule has 0 bridgehead atoms. The van der Waals surface area contributed by atoms with Crippen LogP contribution in [0.4, 0.5) is 17.6 Å². The van der Waals surface area contributed by atoms with E-state index in [9.17, 15) is 27.6 Å². The van der Waals surface area contributed by atoms with Crippen LogP contribution in [0.1, 0.15) is 21.5 Å². The molecule has 204 valence electrons. The van der Waals surface area contributed by atoms with Gasteiger partial charge in [-0.05, 0) is 29.8 Å². The van der Waals surface area contributed by atoms with E-state index in [4.69, 9.17) is 32.5 Å². The van der Waals surface area contributed by atoms with Gasteiger partial charge in [0.1, 0.15) is 5.75 Å². The second-order valence-electron chi connectivity index (χ2n) is 8.45. The number of esters is 2. The molecule has 0 spiro atoms. The molecular formula is C26H19ClF4N2O6. The third-order valence-corrected chi connectivity index (χ3v) is 6.34. The first-order valence-electron chi connectivity index (χ1n) is 11.2. The lowest BCUT2D eigenvalue weighted by atomic mass is 9.85. The van der Waals surface area contributed by atoms with Gasteiger partial charge in [-0.3, -0.25) is 4.79 Å². The van der Waals surface area contributed by atoms with Crippen molar-refractivity contribution >= 4 is 29.4 Å². The number of primary amides is 1. The minimum atomic E-state index is -5.41. The first kappa shape index (κ1) is 27.9. The van der Waals surface area contributed by atoms with Gasteiger partial charge in [0.25, 0.3) is 0 Å². The van der Waals surface area contributed by atoms with Crippen LogP contribution >= 0.6 is 11.6 Å². The van der Waals surface area contributed by atoms with Crippen molar-refractivity contribution in [2.24, 2.45) is 11.5 Å². The number of hydrogen-bond donors (Lipinski definition) is 2. The fourth-order valence-corrected chi connectivity index (χ4v) is 4.53. The van der Waals surface area contributed by atoms with Gasteiger partial charge in [0, 0.05) is 34.7 Å². The largest absolute Gasteiger partial charge is 0.491 e. The normalized spacial score (nSPS) is 16.3. The fraction of sp³-hybridized carbons (Fsp3) is 0.192. The Kier molecular flexibility index (Phi) is 7.53. The molecule has 0 aliphatic carbocycles. The smallest absolute Gasteiger partial charge is 0.481 e. The van der Waals surface area contributed by atoms with Crippen molar-refractivity contribution in [3.05, 3.63) is 82.1 Å². The van der Waals surface area contributed by atoms with Crippen LogP contribution < -0.4 is 20.9 Å². The molecule has 0 radical (unpaired) electrons. The number of carbonyl (C=O) groups excluding carboxylic acids is 3. The number of ether oxygens (including phenoxy) is 3. The molecule has 3 aromatic carbocycles. The molecule has 39 heavy (non-hydrogen) atoms. The molecule has 3 aromatic rings. The minimum Gasteiger partial charge on any atom is -0.481 e. The van der Waals surface area contributed by atoms with Gasteiger partial charge in [0.15, 0.2) is 23.8 Å². The monoisotopic (exact) mass is 566 g/mol. The van der Waals surface area contributed by atoms with Gasteiger partial charge in [-0.25, -0.2) is 14.0 Å². The molecule has 4 rings (SSSR count). The van der Waals surface area contributed by atoms with Crippen molar-refractivity contribution in [3.8, 4) is 22.6 Å². The third kappa shape index (κ3) is 5.38. The van der Waals surface area contributed by atoms with E-state index >= 15 is 4.39 Å². The maximum Gasteiger partial charge on any atom is 0.491 e. The molecule has 1 amide bonds. The van der Waals surface area contributed by atoms with Crippen molar-refractivity contribution < 1.29 is 46.2 Å². The number of fused-ring (bicyclic) bond motifs is 1. The molecule has 1 aliphatic rings. The van der Waals surface area contributed by atoms with Gasteiger partial charge in [0.05, 0.1) is 5.56 Å². The molecule has 13 heteroatoms. The Hall–Kier alpha value is -4.16. The Morgan fingerprint density at radius 3 is 2.33 bits per heavy atom. The Balaban J connectivity index is 1.75. The van der Waals surface area contributed by atoms with E-state index in [2.05, 4.69) is 4.74 Å². The molecule has 0 fully saturated rings. The minimum absolute atomic E-state index is 0.0203. The van der Waals surface area contributed by atoms with Crippen LogP contribution in [0.2, 0.25) is 5.02 Å². The molecule has 0 saturated heterocycles. The van der Waals surface area contributed by atoms with E-state index < -0.39 is 47.8 Å². The van der Waals surface area contributed by atoms with E-state index in [1.165, 1.54) is 6.07 Å². The third-order valence-electron chi connectivity index (χ3n) is 6.02. The molecule has 1 heterocycles. The summed E-state index contributed by atoms with van der Waals surface area (Å²) in [4.78, 5) is 34.8. The molecular weight excluding hydrogens is 548 g/mol. The van der Waals surface area contributed by atoms with Crippen molar-refractivity contribution in [2.45, 2.75) is 18.2 Å². The topological polar surface area (TPSA) is 131 Å². The average Bonchev–Trinajstić information content (AvgIpc) is 3.28. The summed E-state index contributed by atoms with van der Waals surface area (Å²) in [5, 5.41) is 0.0203. The van der Waals surface area contributed by atoms with Crippen molar-refractivity contribution in [3.63, 3.8) is 0 Å². The van der Waals surface area contributed by atoms with Gasteiger partial charge in [-0.15, -0.1) is 0 Å². The van der Waals surface area contributed by atoms with Crippen LogP contribution in [0, 0.1) is 5.82 Å². The van der Waals surface area contributed by atoms with E-state index in [0.717, 1.165) is 17.7 Å². The van der Waals surface area contributed by atoms with Crippen LogP contribution in [0.3, 0.4) is 0 Å². The zero-order chi connectivity index (χ0) is 28.5. The summed E-state index contributed by atoms with van der Waals surface area (Å²) in [7, 11) is 0. The first-order chi connectivity index (χ1) is 18.4. The zero-order valence-corrected chi connectivity index (χ0v) is 20.6. The highest BCUT2D eigenvalue weighted by Gasteiger charge is 2.43. The van der Waals surface area contributed by atoms with E-state index in [1.54, 1.807) is 18.2 Å². The summed E-state index contributed by atoms with van der Waals surface area (Å²) in [6.45, 7) is -1.21. The summed E-state index contributed by atoms with van der Waals surface area (Å²) in [5.41, 5.74) is 11.1. The van der Waals surface area contributed by atoms with E-state index in [-0.39, 0.29) is 34.7 Å². The van der Waals surface area contributed by atoms with Crippen LogP contribution in [-0.2, 0) is 26.3 Å². The number of alkyl halides is 3. The van der Waals surface area contributed by atoms with Crippen LogP contribution in [0.25, 0.3) is 11.1 Å². The van der Waals surface area contributed by atoms with Gasteiger partial charge in [-0.1, -0.05) is 41.9 Å². The first-order valence-corrected chi connectivity index (χ1v) is 11.6. The highest BCUT2D eigenvalue weighted by Crippen LogP contribution is 2.49. The number of carbonyl (C=O) groups is 3. The lowest BCUT2D eigenvalue weighted by Gasteiger charge is -2.27. The highest BCUT2D eigenvalue weighted by molar-refractivity contribution is 6.34. The molecule has 0 saturated carbocycles. The molecule has 1 atom stereocenters. The molecule has 4 N–H and O–H groups in total. The lowest BCUT2D eigenvalue weighted by molar-refractivity contribution is -0.202. The van der Waals surface area contributed by atoms with Gasteiger partial charge >= 0.3 is 18.1 Å². The molecule has 8 nitrogen and oxygen atoms in total. The average molecular weight is 567 g/mol. The standard InChI is InChI=1S/C26H19ClF4N2O6/c27-16-7-9-17-15(10-25(12-32,39-17)13-4-2-1-3-5-13)20(16)21-14(23(33)35)6-8-18(22(21)28)37-11-19(34)38-24(36)26(29,30)31/h1-9H,10-12,32H2,(H2,33,35). The summed E-state index contributed by atoms with van der Waals surface area (Å²) < 4.78 is 67.7. The lowest BCUT2D eigenvalue weighted by Crippen LogP contribution is -2.39. The van der Waals surface area contributed by atoms with Gasteiger partial charge < -0.3 is 25.7 Å². The second kappa shape index (κ2) is 10.5. The van der Waals surface area contributed by atoms with Crippen LogP contribution in [-0.4, -0.2) is 37.2 Å². The number of nitrogens with two attached hydrogens (primary N) is 2. The fourth-order valence-electron chi connectivity index (χ4n) is 4.25. The maximum absolute atomic E-state index is 15.9. The highest BCUT2D eigenvalue weighted by atomic mass is 35.5. The molecule has 0 aromatic heterocycles. The Morgan fingerprint density at radius 2 is 1.72 bits per heavy atom. The van der Waals surface area contributed by atoms with Gasteiger partial charge in [0.2, 0.25) is 5.91 Å². The Labute approximate surface area is 223 Å². The molecule has 1 unspecified atom stereocenters. The zero-order valence-electron chi connectivity index (χ0n) is 19.8. The number of rotatable bonds is 7. The van der Waals surface area contributed by atoms with Crippen molar-refractivity contribution in [1.82, 2.24) is 0 Å².